The minimum atomic E-state index is -0.0434. The first-order valence-corrected chi connectivity index (χ1v) is 8.84. The van der Waals surface area contributed by atoms with Crippen molar-refractivity contribution in [3.8, 4) is 0 Å². The second-order valence-electron chi connectivity index (χ2n) is 6.51. The number of pyridine rings is 1. The summed E-state index contributed by atoms with van der Waals surface area (Å²) in [6.07, 6.45) is 2.73. The molecule has 130 valence electrons. The van der Waals surface area contributed by atoms with Gasteiger partial charge in [-0.05, 0) is 41.8 Å². The molecule has 0 atom stereocenters. The molecule has 2 heterocycles. The maximum atomic E-state index is 13.1. The minimum absolute atomic E-state index is 0.0434. The van der Waals surface area contributed by atoms with Crippen LogP contribution in [-0.2, 0) is 13.0 Å². The van der Waals surface area contributed by atoms with Gasteiger partial charge in [-0.15, -0.1) is 0 Å². The first kappa shape index (κ1) is 16.3. The van der Waals surface area contributed by atoms with Gasteiger partial charge in [-0.2, -0.15) is 0 Å². The van der Waals surface area contributed by atoms with E-state index in [9.17, 15) is 4.79 Å². The van der Waals surface area contributed by atoms with Crippen LogP contribution in [0.3, 0.4) is 0 Å². The molecule has 0 N–H and O–H groups in total. The van der Waals surface area contributed by atoms with E-state index in [0.717, 1.165) is 31.0 Å². The standard InChI is InChI=1S/C22H21N3O/c1-24(19-10-3-2-4-11-19)22(26)20-12-7-14-23-21(20)25-15-13-17-8-5-6-9-18(17)16-25/h2-12,14H,13,15-16H2,1H3. The van der Waals surface area contributed by atoms with Gasteiger partial charge in [0.05, 0.1) is 5.56 Å². The Morgan fingerprint density at radius 1 is 0.962 bits per heavy atom. The molecule has 0 fully saturated rings. The van der Waals surface area contributed by atoms with Crippen molar-refractivity contribution < 1.29 is 4.79 Å². The van der Waals surface area contributed by atoms with E-state index >= 15 is 0 Å². The number of hydrogen-bond acceptors (Lipinski definition) is 3. The number of nitrogens with zero attached hydrogens (tertiary/aromatic N) is 3. The van der Waals surface area contributed by atoms with Crippen molar-refractivity contribution in [2.45, 2.75) is 13.0 Å². The number of anilines is 2. The van der Waals surface area contributed by atoms with Gasteiger partial charge >= 0.3 is 0 Å². The highest BCUT2D eigenvalue weighted by molar-refractivity contribution is 6.08. The van der Waals surface area contributed by atoms with Crippen LogP contribution in [0.5, 0.6) is 0 Å². The third kappa shape index (κ3) is 3.06. The van der Waals surface area contributed by atoms with Crippen LogP contribution in [0.15, 0.2) is 72.9 Å². The molecule has 2 aromatic carbocycles. The molecule has 0 saturated heterocycles. The summed E-state index contributed by atoms with van der Waals surface area (Å²) in [5.74, 6) is 0.716. The summed E-state index contributed by atoms with van der Waals surface area (Å²) in [6, 6.07) is 21.9. The lowest BCUT2D eigenvalue weighted by Crippen LogP contribution is -2.34. The summed E-state index contributed by atoms with van der Waals surface area (Å²) in [5, 5.41) is 0. The Hall–Kier alpha value is -3.14. The van der Waals surface area contributed by atoms with Crippen molar-refractivity contribution in [2.24, 2.45) is 0 Å². The Morgan fingerprint density at radius 3 is 2.50 bits per heavy atom. The van der Waals surface area contributed by atoms with Gasteiger partial charge in [-0.3, -0.25) is 4.79 Å². The quantitative estimate of drug-likeness (QED) is 0.723. The highest BCUT2D eigenvalue weighted by Crippen LogP contribution is 2.27. The molecule has 0 aliphatic carbocycles. The van der Waals surface area contributed by atoms with Crippen LogP contribution >= 0.6 is 0 Å². The maximum absolute atomic E-state index is 13.1. The van der Waals surface area contributed by atoms with Gasteiger partial charge in [0, 0.05) is 32.0 Å². The molecule has 4 heteroatoms. The second kappa shape index (κ2) is 7.00. The average Bonchev–Trinajstić information content (AvgIpc) is 2.73. The van der Waals surface area contributed by atoms with Crippen LogP contribution in [0.2, 0.25) is 0 Å². The van der Waals surface area contributed by atoms with Crippen molar-refractivity contribution in [3.05, 3.63) is 89.6 Å². The number of amides is 1. The average molecular weight is 343 g/mol. The van der Waals surface area contributed by atoms with E-state index in [1.54, 1.807) is 18.1 Å². The fraction of sp³-hybridized carbons (Fsp3) is 0.182. The van der Waals surface area contributed by atoms with Crippen molar-refractivity contribution in [2.75, 3.05) is 23.4 Å². The lowest BCUT2D eigenvalue weighted by molar-refractivity contribution is 0.0993. The van der Waals surface area contributed by atoms with Crippen LogP contribution in [0, 0.1) is 0 Å². The van der Waals surface area contributed by atoms with Gasteiger partial charge in [-0.25, -0.2) is 4.98 Å². The van der Waals surface area contributed by atoms with E-state index in [-0.39, 0.29) is 5.91 Å². The number of fused-ring (bicyclic) bond motifs is 1. The zero-order valence-corrected chi connectivity index (χ0v) is 14.8. The van der Waals surface area contributed by atoms with Gasteiger partial charge < -0.3 is 9.80 Å². The molecule has 1 aliphatic heterocycles. The van der Waals surface area contributed by atoms with Crippen LogP contribution in [-0.4, -0.2) is 24.5 Å². The molecular formula is C22H21N3O. The Balaban J connectivity index is 1.64. The smallest absolute Gasteiger partial charge is 0.261 e. The summed E-state index contributed by atoms with van der Waals surface area (Å²) in [6.45, 7) is 1.64. The van der Waals surface area contributed by atoms with E-state index in [1.807, 2.05) is 42.5 Å². The predicted octanol–water partition coefficient (Wildman–Crippen LogP) is 3.92. The summed E-state index contributed by atoms with van der Waals surface area (Å²) < 4.78 is 0. The van der Waals surface area contributed by atoms with Crippen molar-refractivity contribution in [3.63, 3.8) is 0 Å². The number of carbonyl (C=O) groups is 1. The zero-order chi connectivity index (χ0) is 17.9. The summed E-state index contributed by atoms with van der Waals surface area (Å²) >= 11 is 0. The van der Waals surface area contributed by atoms with Crippen LogP contribution in [0.25, 0.3) is 0 Å². The molecule has 4 nitrogen and oxygen atoms in total. The van der Waals surface area contributed by atoms with E-state index in [1.165, 1.54) is 11.1 Å². The van der Waals surface area contributed by atoms with Crippen molar-refractivity contribution >= 4 is 17.4 Å². The van der Waals surface area contributed by atoms with Crippen molar-refractivity contribution in [1.29, 1.82) is 0 Å². The molecule has 3 aromatic rings. The first-order valence-electron chi connectivity index (χ1n) is 8.84. The van der Waals surface area contributed by atoms with Crippen LogP contribution in [0.4, 0.5) is 11.5 Å². The molecule has 0 radical (unpaired) electrons. The minimum Gasteiger partial charge on any atom is -0.351 e. The number of para-hydroxylation sites is 1. The highest BCUT2D eigenvalue weighted by Gasteiger charge is 2.24. The summed E-state index contributed by atoms with van der Waals surface area (Å²) in [7, 11) is 1.81. The molecule has 1 amide bonds. The molecule has 0 bridgehead atoms. The van der Waals surface area contributed by atoms with Gasteiger partial charge in [0.1, 0.15) is 5.82 Å². The second-order valence-corrected chi connectivity index (χ2v) is 6.51. The van der Waals surface area contributed by atoms with E-state index in [2.05, 4.69) is 34.1 Å². The Bertz CT molecular complexity index is 923. The monoisotopic (exact) mass is 343 g/mol. The third-order valence-electron chi connectivity index (χ3n) is 4.90. The molecular weight excluding hydrogens is 322 g/mol. The fourth-order valence-electron chi connectivity index (χ4n) is 3.44. The normalized spacial score (nSPS) is 13.2. The fourth-order valence-corrected chi connectivity index (χ4v) is 3.44. The van der Waals surface area contributed by atoms with E-state index in [0.29, 0.717) is 5.56 Å². The van der Waals surface area contributed by atoms with Gasteiger partial charge in [0.25, 0.3) is 5.91 Å². The number of benzene rings is 2. The zero-order valence-electron chi connectivity index (χ0n) is 14.8. The van der Waals surface area contributed by atoms with Crippen molar-refractivity contribution in [1.82, 2.24) is 4.98 Å². The highest BCUT2D eigenvalue weighted by atomic mass is 16.2. The van der Waals surface area contributed by atoms with Gasteiger partial charge in [0.15, 0.2) is 0 Å². The Morgan fingerprint density at radius 2 is 1.69 bits per heavy atom. The number of rotatable bonds is 3. The van der Waals surface area contributed by atoms with Gasteiger partial charge in [0.2, 0.25) is 0 Å². The molecule has 1 aliphatic rings. The molecule has 0 saturated carbocycles. The SMILES string of the molecule is CN(C(=O)c1cccnc1N1CCc2ccccc2C1)c1ccccc1. The molecule has 4 rings (SSSR count). The topological polar surface area (TPSA) is 36.4 Å². The maximum Gasteiger partial charge on any atom is 0.261 e. The largest absolute Gasteiger partial charge is 0.351 e. The lowest BCUT2D eigenvalue weighted by Gasteiger charge is -2.31. The number of carbonyl (C=O) groups excluding carboxylic acids is 1. The van der Waals surface area contributed by atoms with Crippen LogP contribution in [0.1, 0.15) is 21.5 Å². The Kier molecular flexibility index (Phi) is 4.40. The number of hydrogen-bond donors (Lipinski definition) is 0. The number of aromatic nitrogens is 1. The summed E-state index contributed by atoms with van der Waals surface area (Å²) in [5.41, 5.74) is 4.20. The molecule has 1 aromatic heterocycles. The lowest BCUT2D eigenvalue weighted by atomic mass is 9.99. The van der Waals surface area contributed by atoms with Crippen LogP contribution < -0.4 is 9.80 Å². The van der Waals surface area contributed by atoms with Gasteiger partial charge in [-0.1, -0.05) is 42.5 Å². The predicted molar refractivity (Wildman–Crippen MR) is 105 cm³/mol. The first-order chi connectivity index (χ1) is 12.7. The molecule has 0 spiro atoms. The molecule has 0 unspecified atom stereocenters. The molecule has 26 heavy (non-hydrogen) atoms. The van der Waals surface area contributed by atoms with E-state index in [4.69, 9.17) is 0 Å². The summed E-state index contributed by atoms with van der Waals surface area (Å²) in [4.78, 5) is 21.5. The third-order valence-corrected chi connectivity index (χ3v) is 4.90. The Labute approximate surface area is 153 Å². The van der Waals surface area contributed by atoms with E-state index < -0.39 is 0 Å².